The summed E-state index contributed by atoms with van der Waals surface area (Å²) in [5, 5.41) is 11.7. The summed E-state index contributed by atoms with van der Waals surface area (Å²) in [5.41, 5.74) is 0.681. The summed E-state index contributed by atoms with van der Waals surface area (Å²) in [6, 6.07) is 7.43. The molecule has 1 aromatic carbocycles. The maximum Gasteiger partial charge on any atom is 0.234 e. The van der Waals surface area contributed by atoms with Crippen molar-refractivity contribution in [1.29, 1.82) is 0 Å². The van der Waals surface area contributed by atoms with Gasteiger partial charge in [-0.2, -0.15) is 0 Å². The molecule has 0 spiro atoms. The maximum atomic E-state index is 12.2. The number of amides is 1. The molecule has 2 rings (SSSR count). The molecule has 1 amide bonds. The molecule has 1 N–H and O–H groups in total. The minimum Gasteiger partial charge on any atom is -0.491 e. The van der Waals surface area contributed by atoms with Gasteiger partial charge in [-0.3, -0.25) is 4.79 Å². The second kappa shape index (κ2) is 9.12. The highest BCUT2D eigenvalue weighted by Gasteiger charge is 2.12. The molecule has 0 aliphatic heterocycles. The lowest BCUT2D eigenvalue weighted by molar-refractivity contribution is -0.113. The fourth-order valence-electron chi connectivity index (χ4n) is 2.03. The average Bonchev–Trinajstić information content (AvgIpc) is 2.93. The van der Waals surface area contributed by atoms with Gasteiger partial charge in [-0.05, 0) is 25.5 Å². The van der Waals surface area contributed by atoms with Crippen LogP contribution in [0.15, 0.2) is 42.1 Å². The Balaban J connectivity index is 1.96. The Kier molecular flexibility index (Phi) is 6.87. The quantitative estimate of drug-likeness (QED) is 0.557. The molecule has 1 aromatic heterocycles. The number of carbonyl (C=O) groups is 1. The van der Waals surface area contributed by atoms with Crippen LogP contribution >= 0.6 is 11.8 Å². The number of aromatic nitrogens is 3. The fraction of sp³-hybridized carbons (Fsp3) is 0.353. The predicted molar refractivity (Wildman–Crippen MR) is 96.5 cm³/mol. The number of anilines is 1. The molecule has 0 unspecified atom stereocenters. The first-order valence-electron chi connectivity index (χ1n) is 7.80. The summed E-state index contributed by atoms with van der Waals surface area (Å²) in [6.07, 6.45) is 2.69. The van der Waals surface area contributed by atoms with Crippen molar-refractivity contribution in [2.24, 2.45) is 0 Å². The van der Waals surface area contributed by atoms with E-state index in [2.05, 4.69) is 22.1 Å². The van der Waals surface area contributed by atoms with E-state index in [4.69, 9.17) is 4.74 Å². The van der Waals surface area contributed by atoms with E-state index >= 15 is 0 Å². The number of rotatable bonds is 9. The number of benzene rings is 1. The molecule has 1 heterocycles. The lowest BCUT2D eigenvalue weighted by Crippen LogP contribution is -2.15. The number of hydrogen-bond acceptors (Lipinski definition) is 5. The molecule has 0 aliphatic rings. The van der Waals surface area contributed by atoms with Gasteiger partial charge in [-0.15, -0.1) is 16.8 Å². The van der Waals surface area contributed by atoms with Crippen LogP contribution in [0.4, 0.5) is 5.69 Å². The largest absolute Gasteiger partial charge is 0.491 e. The minimum absolute atomic E-state index is 0.113. The number of carbonyl (C=O) groups excluding carboxylic acids is 1. The Labute approximate surface area is 146 Å². The van der Waals surface area contributed by atoms with Crippen LogP contribution in [-0.4, -0.2) is 33.0 Å². The van der Waals surface area contributed by atoms with Crippen LogP contribution in [0, 0.1) is 6.92 Å². The highest BCUT2D eigenvalue weighted by molar-refractivity contribution is 7.99. The van der Waals surface area contributed by atoms with Crippen molar-refractivity contribution in [3.05, 3.63) is 42.7 Å². The summed E-state index contributed by atoms with van der Waals surface area (Å²) in [4.78, 5) is 12.2. The van der Waals surface area contributed by atoms with Crippen LogP contribution in [-0.2, 0) is 11.3 Å². The number of thioether (sulfide) groups is 1. The van der Waals surface area contributed by atoms with Crippen molar-refractivity contribution >= 4 is 23.4 Å². The van der Waals surface area contributed by atoms with Crippen molar-refractivity contribution in [3.8, 4) is 5.75 Å². The summed E-state index contributed by atoms with van der Waals surface area (Å²) >= 11 is 1.35. The van der Waals surface area contributed by atoms with Crippen LogP contribution in [0.3, 0.4) is 0 Å². The monoisotopic (exact) mass is 346 g/mol. The lowest BCUT2D eigenvalue weighted by Gasteiger charge is -2.11. The lowest BCUT2D eigenvalue weighted by atomic mass is 10.3. The molecule has 0 atom stereocenters. The van der Waals surface area contributed by atoms with E-state index in [0.717, 1.165) is 12.2 Å². The second-order valence-corrected chi connectivity index (χ2v) is 6.05. The van der Waals surface area contributed by atoms with E-state index in [1.165, 1.54) is 11.8 Å². The summed E-state index contributed by atoms with van der Waals surface area (Å²) in [7, 11) is 0. The normalized spacial score (nSPS) is 10.4. The zero-order valence-electron chi connectivity index (χ0n) is 14.0. The number of ether oxygens (including phenoxy) is 1. The first kappa shape index (κ1) is 18.1. The first-order valence-corrected chi connectivity index (χ1v) is 8.79. The zero-order valence-corrected chi connectivity index (χ0v) is 14.8. The standard InChI is InChI=1S/C17H22N4O2S/c1-4-10-21-13(3)19-20-17(21)24-12-16(22)18-14-8-6-7-9-15(14)23-11-5-2/h4,6-9H,1,5,10-12H2,2-3H3,(H,18,22). The topological polar surface area (TPSA) is 69.0 Å². The highest BCUT2D eigenvalue weighted by Crippen LogP contribution is 2.24. The number of para-hydroxylation sites is 2. The van der Waals surface area contributed by atoms with Gasteiger partial charge in [0.2, 0.25) is 5.91 Å². The smallest absolute Gasteiger partial charge is 0.234 e. The molecule has 0 aliphatic carbocycles. The molecule has 0 radical (unpaired) electrons. The van der Waals surface area contributed by atoms with Gasteiger partial charge in [0.15, 0.2) is 5.16 Å². The third-order valence-electron chi connectivity index (χ3n) is 3.17. The molecule has 0 saturated carbocycles. The predicted octanol–water partition coefficient (Wildman–Crippen LogP) is 3.29. The van der Waals surface area contributed by atoms with E-state index in [0.29, 0.717) is 29.7 Å². The highest BCUT2D eigenvalue weighted by atomic mass is 32.2. The molecular weight excluding hydrogens is 324 g/mol. The molecule has 128 valence electrons. The van der Waals surface area contributed by atoms with Gasteiger partial charge in [0, 0.05) is 6.54 Å². The van der Waals surface area contributed by atoms with Crippen LogP contribution in [0.1, 0.15) is 19.2 Å². The van der Waals surface area contributed by atoms with Gasteiger partial charge < -0.3 is 14.6 Å². The van der Waals surface area contributed by atoms with E-state index in [9.17, 15) is 4.79 Å². The summed E-state index contributed by atoms with van der Waals surface area (Å²) in [6.45, 7) is 8.88. The number of allylic oxidation sites excluding steroid dienone is 1. The SMILES string of the molecule is C=CCn1c(C)nnc1SCC(=O)Nc1ccccc1OCCC. The molecule has 7 heteroatoms. The van der Waals surface area contributed by atoms with Gasteiger partial charge in [-0.1, -0.05) is 36.9 Å². The maximum absolute atomic E-state index is 12.2. The fourth-order valence-corrected chi connectivity index (χ4v) is 2.83. The molecule has 0 saturated heterocycles. The first-order chi connectivity index (χ1) is 11.7. The molecule has 0 bridgehead atoms. The van der Waals surface area contributed by atoms with Gasteiger partial charge >= 0.3 is 0 Å². The Morgan fingerprint density at radius 2 is 2.21 bits per heavy atom. The van der Waals surface area contributed by atoms with Gasteiger partial charge in [-0.25, -0.2) is 0 Å². The summed E-state index contributed by atoms with van der Waals surface area (Å²) in [5.74, 6) is 1.62. The number of nitrogens with one attached hydrogen (secondary N) is 1. The van der Waals surface area contributed by atoms with Gasteiger partial charge in [0.1, 0.15) is 11.6 Å². The minimum atomic E-state index is -0.113. The molecule has 0 fully saturated rings. The van der Waals surface area contributed by atoms with Crippen LogP contribution in [0.25, 0.3) is 0 Å². The van der Waals surface area contributed by atoms with Crippen LogP contribution < -0.4 is 10.1 Å². The Morgan fingerprint density at radius 3 is 2.96 bits per heavy atom. The third-order valence-corrected chi connectivity index (χ3v) is 4.14. The van der Waals surface area contributed by atoms with E-state index in [1.807, 2.05) is 42.7 Å². The molecule has 24 heavy (non-hydrogen) atoms. The van der Waals surface area contributed by atoms with E-state index in [-0.39, 0.29) is 11.7 Å². The van der Waals surface area contributed by atoms with Crippen molar-refractivity contribution in [2.45, 2.75) is 32.0 Å². The molecular formula is C17H22N4O2S. The number of nitrogens with zero attached hydrogens (tertiary/aromatic N) is 3. The van der Waals surface area contributed by atoms with E-state index in [1.54, 1.807) is 6.08 Å². The van der Waals surface area contributed by atoms with Crippen molar-refractivity contribution in [1.82, 2.24) is 14.8 Å². The Bertz CT molecular complexity index is 700. The number of aryl methyl sites for hydroxylation is 1. The van der Waals surface area contributed by atoms with Crippen molar-refractivity contribution < 1.29 is 9.53 Å². The Hall–Kier alpha value is -2.28. The molecule has 2 aromatic rings. The Morgan fingerprint density at radius 1 is 1.42 bits per heavy atom. The van der Waals surface area contributed by atoms with E-state index < -0.39 is 0 Å². The van der Waals surface area contributed by atoms with Gasteiger partial charge in [0.05, 0.1) is 18.0 Å². The molecule has 6 nitrogen and oxygen atoms in total. The average molecular weight is 346 g/mol. The summed E-state index contributed by atoms with van der Waals surface area (Å²) < 4.78 is 7.57. The zero-order chi connectivity index (χ0) is 17.4. The van der Waals surface area contributed by atoms with Crippen molar-refractivity contribution in [2.75, 3.05) is 17.7 Å². The van der Waals surface area contributed by atoms with Gasteiger partial charge in [0.25, 0.3) is 0 Å². The van der Waals surface area contributed by atoms with Crippen molar-refractivity contribution in [3.63, 3.8) is 0 Å². The third kappa shape index (κ3) is 4.86. The van der Waals surface area contributed by atoms with Crippen LogP contribution in [0.2, 0.25) is 0 Å². The van der Waals surface area contributed by atoms with Crippen LogP contribution in [0.5, 0.6) is 5.75 Å². The number of hydrogen-bond donors (Lipinski definition) is 1. The second-order valence-electron chi connectivity index (χ2n) is 5.11.